The average Bonchev–Trinajstić information content (AvgIpc) is 2.98. The number of anilines is 2. The van der Waals surface area contributed by atoms with Crippen LogP contribution in [0, 0.1) is 18.7 Å². The lowest BCUT2D eigenvalue weighted by molar-refractivity contribution is -0.122. The molecular weight excluding hydrogens is 507 g/mol. The maximum atomic E-state index is 14.0. The highest BCUT2D eigenvalue weighted by Crippen LogP contribution is 2.41. The smallest absolute Gasteiger partial charge is 0.253 e. The van der Waals surface area contributed by atoms with Gasteiger partial charge in [0.25, 0.3) is 5.91 Å². The van der Waals surface area contributed by atoms with E-state index in [2.05, 4.69) is 11.4 Å². The van der Waals surface area contributed by atoms with Gasteiger partial charge in [-0.1, -0.05) is 24.3 Å². The largest absolute Gasteiger partial charge is 0.381 e. The van der Waals surface area contributed by atoms with Crippen molar-refractivity contribution in [3.8, 4) is 0 Å². The third kappa shape index (κ3) is 5.32. The number of ether oxygens (including phenoxy) is 1. The lowest BCUT2D eigenvalue weighted by Gasteiger charge is -2.39. The van der Waals surface area contributed by atoms with Crippen molar-refractivity contribution in [1.82, 2.24) is 9.88 Å². The molecule has 1 N–H and O–H groups in total. The Morgan fingerprint density at radius 3 is 2.42 bits per heavy atom. The van der Waals surface area contributed by atoms with Gasteiger partial charge in [0.2, 0.25) is 5.91 Å². The van der Waals surface area contributed by atoms with Crippen LogP contribution in [0.4, 0.5) is 15.9 Å². The summed E-state index contributed by atoms with van der Waals surface area (Å²) in [6, 6.07) is 18.1. The molecule has 1 aromatic heterocycles. The number of likely N-dealkylation sites (tertiary alicyclic amines) is 1. The predicted octanol–water partition coefficient (Wildman–Crippen LogP) is 5.30. The summed E-state index contributed by atoms with van der Waals surface area (Å²) in [4.78, 5) is 35.7. The van der Waals surface area contributed by atoms with Crippen LogP contribution in [-0.2, 0) is 16.1 Å². The van der Waals surface area contributed by atoms with Crippen molar-refractivity contribution in [3.63, 3.8) is 0 Å². The van der Waals surface area contributed by atoms with Crippen molar-refractivity contribution in [3.05, 3.63) is 88.9 Å². The van der Waals surface area contributed by atoms with E-state index in [1.165, 1.54) is 24.3 Å². The molecule has 0 spiro atoms. The predicted molar refractivity (Wildman–Crippen MR) is 152 cm³/mol. The van der Waals surface area contributed by atoms with Gasteiger partial charge in [-0.2, -0.15) is 0 Å². The molecule has 6 rings (SSSR count). The van der Waals surface area contributed by atoms with Crippen molar-refractivity contribution < 1.29 is 18.7 Å². The van der Waals surface area contributed by atoms with Gasteiger partial charge in [0.15, 0.2) is 0 Å². The number of aryl methyl sites for hydroxylation is 1. The second-order valence-corrected chi connectivity index (χ2v) is 11.1. The number of hydrogen-bond acceptors (Lipinski definition) is 5. The summed E-state index contributed by atoms with van der Waals surface area (Å²) in [5.41, 5.74) is 4.52. The van der Waals surface area contributed by atoms with E-state index in [1.807, 2.05) is 47.1 Å². The van der Waals surface area contributed by atoms with Crippen molar-refractivity contribution in [2.45, 2.75) is 51.1 Å². The molecule has 1 unspecified atom stereocenters. The summed E-state index contributed by atoms with van der Waals surface area (Å²) in [6.45, 7) is 5.13. The number of para-hydroxylation sites is 1. The van der Waals surface area contributed by atoms with E-state index >= 15 is 0 Å². The summed E-state index contributed by atoms with van der Waals surface area (Å²) >= 11 is 0. The van der Waals surface area contributed by atoms with E-state index in [9.17, 15) is 14.0 Å². The Kier molecular flexibility index (Phi) is 7.52. The van der Waals surface area contributed by atoms with Crippen LogP contribution < -0.4 is 10.2 Å². The number of amides is 2. The lowest BCUT2D eigenvalue weighted by atomic mass is 9.79. The van der Waals surface area contributed by atoms with Crippen LogP contribution in [-0.4, -0.2) is 54.0 Å². The van der Waals surface area contributed by atoms with Crippen molar-refractivity contribution in [2.24, 2.45) is 5.92 Å². The number of piperidine rings is 1. The normalized spacial score (nSPS) is 20.4. The number of rotatable bonds is 5. The minimum Gasteiger partial charge on any atom is -0.381 e. The molecular formula is C32H35FN4O3. The first-order valence-corrected chi connectivity index (χ1v) is 14.2. The topological polar surface area (TPSA) is 74.8 Å². The molecule has 3 aliphatic rings. The van der Waals surface area contributed by atoms with Gasteiger partial charge in [0.05, 0.1) is 18.2 Å². The second kappa shape index (κ2) is 11.4. The molecule has 2 aromatic carbocycles. The van der Waals surface area contributed by atoms with E-state index < -0.39 is 0 Å². The highest BCUT2D eigenvalue weighted by molar-refractivity contribution is 6.00. The Labute approximate surface area is 234 Å². The maximum Gasteiger partial charge on any atom is 0.253 e. The highest BCUT2D eigenvalue weighted by Gasteiger charge is 2.41. The fourth-order valence-corrected chi connectivity index (χ4v) is 6.28. The molecule has 1 atom stereocenters. The Hall–Kier alpha value is -3.78. The summed E-state index contributed by atoms with van der Waals surface area (Å²) in [5, 5.41) is 3.58. The molecule has 0 bridgehead atoms. The van der Waals surface area contributed by atoms with Crippen LogP contribution in [0.25, 0.3) is 0 Å². The molecule has 0 aliphatic carbocycles. The Bertz CT molecular complexity index is 1380. The number of halogens is 1. The molecule has 0 saturated carbocycles. The van der Waals surface area contributed by atoms with Gasteiger partial charge in [-0.05, 0) is 86.1 Å². The van der Waals surface area contributed by atoms with Gasteiger partial charge in [0, 0.05) is 43.6 Å². The second-order valence-electron chi connectivity index (χ2n) is 11.1. The minimum atomic E-state index is -0.347. The Morgan fingerprint density at radius 1 is 0.975 bits per heavy atom. The minimum absolute atomic E-state index is 0.0682. The van der Waals surface area contributed by atoms with E-state index in [-0.39, 0.29) is 35.5 Å². The van der Waals surface area contributed by atoms with Crippen LogP contribution in [0.5, 0.6) is 0 Å². The van der Waals surface area contributed by atoms with E-state index in [1.54, 1.807) is 0 Å². The number of pyridine rings is 1. The third-order valence-corrected chi connectivity index (χ3v) is 8.54. The fourth-order valence-electron chi connectivity index (χ4n) is 6.28. The van der Waals surface area contributed by atoms with Crippen molar-refractivity contribution in [2.75, 3.05) is 36.5 Å². The zero-order chi connectivity index (χ0) is 27.6. The van der Waals surface area contributed by atoms with Crippen LogP contribution in [0.15, 0.2) is 60.7 Å². The summed E-state index contributed by atoms with van der Waals surface area (Å²) in [6.07, 6.45) is 3.26. The van der Waals surface area contributed by atoms with Gasteiger partial charge in [0.1, 0.15) is 11.6 Å². The van der Waals surface area contributed by atoms with Gasteiger partial charge in [-0.25, -0.2) is 9.37 Å². The number of nitrogens with zero attached hydrogens (tertiary/aromatic N) is 3. The standard InChI is InChI=1S/C32H35FN4O3/c1-21-4-2-3-5-27(21)37-20-24-8-11-28(35-30(24)29(32(37)39)22-14-18-40-19-15-22)34-26-12-16-36(17-13-26)31(38)23-6-9-25(33)10-7-23/h2-11,22,26,29H,12-20H2,1H3,(H,34,35). The van der Waals surface area contributed by atoms with Crippen molar-refractivity contribution in [1.29, 1.82) is 0 Å². The molecule has 2 amide bonds. The van der Waals surface area contributed by atoms with Gasteiger partial charge in [-0.15, -0.1) is 0 Å². The number of aromatic nitrogens is 1. The first kappa shape index (κ1) is 26.4. The zero-order valence-corrected chi connectivity index (χ0v) is 22.8. The first-order chi connectivity index (χ1) is 19.5. The molecule has 8 heteroatoms. The third-order valence-electron chi connectivity index (χ3n) is 8.54. The molecule has 4 heterocycles. The summed E-state index contributed by atoms with van der Waals surface area (Å²) in [5.74, 6) is 0.365. The molecule has 2 fully saturated rings. The van der Waals surface area contributed by atoms with Gasteiger partial charge in [-0.3, -0.25) is 9.59 Å². The SMILES string of the molecule is Cc1ccccc1N1Cc2ccc(NC3CCN(C(=O)c4ccc(F)cc4)CC3)nc2C(C2CCOCC2)C1=O. The molecule has 208 valence electrons. The average molecular weight is 543 g/mol. The fraction of sp³-hybridized carbons (Fsp3) is 0.406. The quantitative estimate of drug-likeness (QED) is 0.474. The lowest BCUT2D eigenvalue weighted by Crippen LogP contribution is -2.44. The summed E-state index contributed by atoms with van der Waals surface area (Å²) < 4.78 is 18.9. The molecule has 7 nitrogen and oxygen atoms in total. The van der Waals surface area contributed by atoms with Crippen LogP contribution in [0.1, 0.15) is 58.8 Å². The first-order valence-electron chi connectivity index (χ1n) is 14.2. The van der Waals surface area contributed by atoms with Crippen LogP contribution in [0.3, 0.4) is 0 Å². The molecule has 40 heavy (non-hydrogen) atoms. The van der Waals surface area contributed by atoms with E-state index in [4.69, 9.17) is 9.72 Å². The zero-order valence-electron chi connectivity index (χ0n) is 22.8. The Balaban J connectivity index is 1.19. The highest BCUT2D eigenvalue weighted by atomic mass is 19.1. The molecule has 0 radical (unpaired) electrons. The number of benzene rings is 2. The van der Waals surface area contributed by atoms with E-state index in [0.29, 0.717) is 38.4 Å². The summed E-state index contributed by atoms with van der Waals surface area (Å²) in [7, 11) is 0. The Morgan fingerprint density at radius 2 is 1.70 bits per heavy atom. The van der Waals surface area contributed by atoms with Gasteiger partial charge >= 0.3 is 0 Å². The number of carbonyl (C=O) groups is 2. The van der Waals surface area contributed by atoms with E-state index in [0.717, 1.165) is 54.0 Å². The van der Waals surface area contributed by atoms with Crippen LogP contribution in [0.2, 0.25) is 0 Å². The number of hydrogen-bond donors (Lipinski definition) is 1. The van der Waals surface area contributed by atoms with Crippen molar-refractivity contribution >= 4 is 23.3 Å². The van der Waals surface area contributed by atoms with Gasteiger partial charge < -0.3 is 19.9 Å². The van der Waals surface area contributed by atoms with Crippen LogP contribution >= 0.6 is 0 Å². The monoisotopic (exact) mass is 542 g/mol. The molecule has 3 aliphatic heterocycles. The molecule has 3 aromatic rings. The number of carbonyl (C=O) groups excluding carboxylic acids is 2. The molecule has 2 saturated heterocycles. The maximum absolute atomic E-state index is 14.0. The number of nitrogens with one attached hydrogen (secondary N) is 1. The number of fused-ring (bicyclic) bond motifs is 1.